The summed E-state index contributed by atoms with van der Waals surface area (Å²) >= 11 is 0. The van der Waals surface area contributed by atoms with Crippen LogP contribution >= 0.6 is 0 Å². The number of ether oxygens (including phenoxy) is 2. The van der Waals surface area contributed by atoms with Crippen molar-refractivity contribution in [3.63, 3.8) is 0 Å². The van der Waals surface area contributed by atoms with Crippen molar-refractivity contribution in [2.75, 3.05) is 18.5 Å². The van der Waals surface area contributed by atoms with Gasteiger partial charge in [0.15, 0.2) is 11.5 Å². The fourth-order valence-electron chi connectivity index (χ4n) is 2.93. The maximum atomic E-state index is 12.2. The standard InChI is InChI=1S/C20H22N2O5S/c23-20(21-16-6-9-18-19(13-16)27-12-11-26-18)10-3-14-1-7-17(8-2-14)28(24,25)22-15-4-5-15/h1-2,6-9,13,15,22H,3-5,10-12H2,(H,21,23). The number of anilines is 1. The third kappa shape index (κ3) is 4.63. The van der Waals surface area contributed by atoms with Crippen molar-refractivity contribution < 1.29 is 22.7 Å². The summed E-state index contributed by atoms with van der Waals surface area (Å²) in [5, 5.41) is 2.85. The highest BCUT2D eigenvalue weighted by molar-refractivity contribution is 7.89. The number of nitrogens with one attached hydrogen (secondary N) is 2. The number of hydrogen-bond acceptors (Lipinski definition) is 5. The molecule has 148 valence electrons. The van der Waals surface area contributed by atoms with E-state index in [2.05, 4.69) is 10.0 Å². The maximum absolute atomic E-state index is 12.2. The second-order valence-electron chi connectivity index (χ2n) is 6.95. The van der Waals surface area contributed by atoms with Gasteiger partial charge >= 0.3 is 0 Å². The largest absolute Gasteiger partial charge is 0.486 e. The third-order valence-electron chi connectivity index (χ3n) is 4.60. The van der Waals surface area contributed by atoms with Gasteiger partial charge in [-0.25, -0.2) is 13.1 Å². The van der Waals surface area contributed by atoms with Crippen molar-refractivity contribution in [1.82, 2.24) is 4.72 Å². The van der Waals surface area contributed by atoms with Crippen LogP contribution in [0.2, 0.25) is 0 Å². The third-order valence-corrected chi connectivity index (χ3v) is 6.14. The van der Waals surface area contributed by atoms with Crippen LogP contribution in [0, 0.1) is 0 Å². The van der Waals surface area contributed by atoms with Gasteiger partial charge in [0.2, 0.25) is 15.9 Å². The number of carbonyl (C=O) groups is 1. The molecule has 2 aromatic rings. The summed E-state index contributed by atoms with van der Waals surface area (Å²) in [6.07, 6.45) is 2.61. The molecule has 1 fully saturated rings. The summed E-state index contributed by atoms with van der Waals surface area (Å²) in [6, 6.07) is 12.0. The van der Waals surface area contributed by atoms with Crippen molar-refractivity contribution >= 4 is 21.6 Å². The van der Waals surface area contributed by atoms with Crippen molar-refractivity contribution in [3.8, 4) is 11.5 Å². The molecule has 0 bridgehead atoms. The zero-order valence-electron chi connectivity index (χ0n) is 15.3. The molecule has 1 aliphatic heterocycles. The molecule has 4 rings (SSSR count). The number of fused-ring (bicyclic) bond motifs is 1. The Morgan fingerprint density at radius 1 is 1.00 bits per heavy atom. The summed E-state index contributed by atoms with van der Waals surface area (Å²) in [6.45, 7) is 1.02. The van der Waals surface area contributed by atoms with Crippen molar-refractivity contribution in [3.05, 3.63) is 48.0 Å². The van der Waals surface area contributed by atoms with E-state index in [1.807, 2.05) is 0 Å². The Labute approximate surface area is 164 Å². The Hall–Kier alpha value is -2.58. The van der Waals surface area contributed by atoms with Gasteiger partial charge in [-0.15, -0.1) is 0 Å². The van der Waals surface area contributed by atoms with Gasteiger partial charge in [-0.05, 0) is 49.1 Å². The van der Waals surface area contributed by atoms with Crippen LogP contribution in [0.25, 0.3) is 0 Å². The minimum atomic E-state index is -3.44. The minimum absolute atomic E-state index is 0.0777. The van der Waals surface area contributed by atoms with E-state index in [4.69, 9.17) is 9.47 Å². The van der Waals surface area contributed by atoms with Gasteiger partial charge < -0.3 is 14.8 Å². The van der Waals surface area contributed by atoms with Crippen molar-refractivity contribution in [2.45, 2.75) is 36.6 Å². The molecule has 2 aromatic carbocycles. The van der Waals surface area contributed by atoms with E-state index in [-0.39, 0.29) is 16.8 Å². The number of sulfonamides is 1. The molecule has 7 nitrogen and oxygen atoms in total. The molecule has 1 heterocycles. The van der Waals surface area contributed by atoms with Crippen LogP contribution < -0.4 is 19.5 Å². The number of hydrogen-bond donors (Lipinski definition) is 2. The lowest BCUT2D eigenvalue weighted by Gasteiger charge is -2.19. The average Bonchev–Trinajstić information content (AvgIpc) is 3.50. The first-order valence-electron chi connectivity index (χ1n) is 9.30. The molecule has 2 N–H and O–H groups in total. The first-order chi connectivity index (χ1) is 13.5. The summed E-state index contributed by atoms with van der Waals surface area (Å²) < 4.78 is 38.0. The highest BCUT2D eigenvalue weighted by Gasteiger charge is 2.27. The van der Waals surface area contributed by atoms with Crippen LogP contribution in [0.5, 0.6) is 11.5 Å². The molecular formula is C20H22N2O5S. The average molecular weight is 402 g/mol. The Kier molecular flexibility index (Phi) is 5.23. The maximum Gasteiger partial charge on any atom is 0.240 e. The van der Waals surface area contributed by atoms with E-state index in [1.54, 1.807) is 42.5 Å². The first-order valence-corrected chi connectivity index (χ1v) is 10.8. The Morgan fingerprint density at radius 2 is 1.71 bits per heavy atom. The van der Waals surface area contributed by atoms with E-state index < -0.39 is 10.0 Å². The van der Waals surface area contributed by atoms with E-state index in [9.17, 15) is 13.2 Å². The number of amides is 1. The van der Waals surface area contributed by atoms with Crippen LogP contribution in [-0.4, -0.2) is 33.6 Å². The second-order valence-corrected chi connectivity index (χ2v) is 8.66. The molecule has 0 spiro atoms. The van der Waals surface area contributed by atoms with Gasteiger partial charge in [-0.1, -0.05) is 12.1 Å². The zero-order valence-corrected chi connectivity index (χ0v) is 16.1. The van der Waals surface area contributed by atoms with Crippen LogP contribution in [-0.2, 0) is 21.2 Å². The molecule has 1 aliphatic carbocycles. The molecule has 0 radical (unpaired) electrons. The smallest absolute Gasteiger partial charge is 0.240 e. The molecule has 8 heteroatoms. The van der Waals surface area contributed by atoms with Crippen molar-refractivity contribution in [2.24, 2.45) is 0 Å². The molecular weight excluding hydrogens is 380 g/mol. The number of rotatable bonds is 7. The van der Waals surface area contributed by atoms with Crippen LogP contribution in [0.3, 0.4) is 0 Å². The lowest BCUT2D eigenvalue weighted by molar-refractivity contribution is -0.116. The summed E-state index contributed by atoms with van der Waals surface area (Å²) in [5.74, 6) is 1.18. The van der Waals surface area contributed by atoms with Crippen LogP contribution in [0.4, 0.5) is 5.69 Å². The van der Waals surface area contributed by atoms with Gasteiger partial charge in [-0.3, -0.25) is 4.79 Å². The van der Waals surface area contributed by atoms with Gasteiger partial charge in [-0.2, -0.15) is 0 Å². The quantitative estimate of drug-likeness (QED) is 0.742. The van der Waals surface area contributed by atoms with Crippen LogP contribution in [0.15, 0.2) is 47.4 Å². The molecule has 0 aromatic heterocycles. The van der Waals surface area contributed by atoms with Crippen molar-refractivity contribution in [1.29, 1.82) is 0 Å². The van der Waals surface area contributed by atoms with E-state index in [1.165, 1.54) is 0 Å². The number of aryl methyl sites for hydroxylation is 1. The summed E-state index contributed by atoms with van der Waals surface area (Å²) in [5.41, 5.74) is 1.56. The number of benzene rings is 2. The minimum Gasteiger partial charge on any atom is -0.486 e. The molecule has 0 saturated heterocycles. The van der Waals surface area contributed by atoms with Crippen LogP contribution in [0.1, 0.15) is 24.8 Å². The molecule has 28 heavy (non-hydrogen) atoms. The van der Waals surface area contributed by atoms with Gasteiger partial charge in [0, 0.05) is 24.2 Å². The highest BCUT2D eigenvalue weighted by Crippen LogP contribution is 2.32. The fraction of sp³-hybridized carbons (Fsp3) is 0.350. The van der Waals surface area contributed by atoms with Gasteiger partial charge in [0.05, 0.1) is 4.90 Å². The Morgan fingerprint density at radius 3 is 2.43 bits per heavy atom. The Bertz CT molecular complexity index is 969. The summed E-state index contributed by atoms with van der Waals surface area (Å²) in [4.78, 5) is 12.5. The zero-order chi connectivity index (χ0) is 19.6. The predicted octanol–water partition coefficient (Wildman–Crippen LogP) is 2.47. The monoisotopic (exact) mass is 402 g/mol. The normalized spacial score (nSPS) is 15.9. The molecule has 1 saturated carbocycles. The Balaban J connectivity index is 1.31. The first kappa shape index (κ1) is 18.8. The van der Waals surface area contributed by atoms with Gasteiger partial charge in [0.1, 0.15) is 13.2 Å². The highest BCUT2D eigenvalue weighted by atomic mass is 32.2. The molecule has 2 aliphatic rings. The SMILES string of the molecule is O=C(CCc1ccc(S(=O)(=O)NC2CC2)cc1)Nc1ccc2c(c1)OCCO2. The topological polar surface area (TPSA) is 93.7 Å². The van der Waals surface area contributed by atoms with E-state index in [0.29, 0.717) is 43.2 Å². The van der Waals surface area contributed by atoms with E-state index >= 15 is 0 Å². The van der Waals surface area contributed by atoms with E-state index in [0.717, 1.165) is 18.4 Å². The molecule has 0 atom stereocenters. The predicted molar refractivity (Wildman–Crippen MR) is 104 cm³/mol. The second kappa shape index (κ2) is 7.81. The summed E-state index contributed by atoms with van der Waals surface area (Å²) in [7, 11) is -3.44. The lowest BCUT2D eigenvalue weighted by Crippen LogP contribution is -2.25. The molecule has 1 amide bonds. The lowest BCUT2D eigenvalue weighted by atomic mass is 10.1. The fourth-order valence-corrected chi connectivity index (χ4v) is 4.23. The van der Waals surface area contributed by atoms with Gasteiger partial charge in [0.25, 0.3) is 0 Å². The molecule has 0 unspecified atom stereocenters. The number of carbonyl (C=O) groups excluding carboxylic acids is 1.